The minimum atomic E-state index is -1.81. The Kier molecular flexibility index (Phi) is 9.20. The molecule has 0 aliphatic carbocycles. The van der Waals surface area contributed by atoms with E-state index in [1.54, 1.807) is 0 Å². The number of rotatable bonds is 11. The maximum atomic E-state index is 6.55. The fraction of sp³-hybridized carbons (Fsp3) is 0.700. The molecule has 3 nitrogen and oxygen atoms in total. The highest BCUT2D eigenvalue weighted by Gasteiger charge is 2.45. The lowest BCUT2D eigenvalue weighted by atomic mass is 10.2. The zero-order valence-electron chi connectivity index (χ0n) is 16.4. The molecule has 0 saturated carbocycles. The van der Waals surface area contributed by atoms with E-state index in [-0.39, 0.29) is 6.04 Å². The first-order valence-electron chi connectivity index (χ1n) is 9.31. The number of hydrogen-bond acceptors (Lipinski definition) is 3. The Balaban J connectivity index is 2.39. The van der Waals surface area contributed by atoms with Crippen LogP contribution in [0, 0.1) is 0 Å². The minimum absolute atomic E-state index is 0.0453. The minimum Gasteiger partial charge on any atom is -0.414 e. The highest BCUT2D eigenvalue weighted by atomic mass is 28.4. The summed E-state index contributed by atoms with van der Waals surface area (Å²) in [5.74, 6) is 0. The van der Waals surface area contributed by atoms with Crippen molar-refractivity contribution in [3.63, 3.8) is 0 Å². The molecule has 0 bridgehead atoms. The largest absolute Gasteiger partial charge is 0.414 e. The Morgan fingerprint density at radius 1 is 0.917 bits per heavy atom. The van der Waals surface area contributed by atoms with Crippen molar-refractivity contribution >= 4 is 8.32 Å². The van der Waals surface area contributed by atoms with Crippen LogP contribution in [0.2, 0.25) is 16.6 Å². The number of ether oxygens (including phenoxy) is 1. The van der Waals surface area contributed by atoms with Gasteiger partial charge in [-0.15, -0.1) is 0 Å². The molecular weight excluding hydrogens is 314 g/mol. The average Bonchev–Trinajstić information content (AvgIpc) is 2.52. The summed E-state index contributed by atoms with van der Waals surface area (Å²) in [4.78, 5) is 0. The van der Waals surface area contributed by atoms with Gasteiger partial charge in [0.2, 0.25) is 0 Å². The van der Waals surface area contributed by atoms with Crippen LogP contribution in [0.1, 0.15) is 53.5 Å². The molecule has 1 aromatic carbocycles. The third-order valence-corrected chi connectivity index (χ3v) is 11.1. The quantitative estimate of drug-likeness (QED) is 0.445. The molecule has 24 heavy (non-hydrogen) atoms. The normalized spacial score (nSPS) is 13.9. The summed E-state index contributed by atoms with van der Waals surface area (Å²) >= 11 is 0. The second-order valence-electron chi connectivity index (χ2n) is 7.72. The van der Waals surface area contributed by atoms with Gasteiger partial charge in [-0.05, 0) is 28.6 Å². The number of hydrogen-bond donors (Lipinski definition) is 1. The fourth-order valence-electron chi connectivity index (χ4n) is 3.83. The van der Waals surface area contributed by atoms with Crippen molar-refractivity contribution in [2.24, 2.45) is 5.73 Å². The first kappa shape index (κ1) is 21.4. The van der Waals surface area contributed by atoms with Gasteiger partial charge in [0.05, 0.1) is 6.61 Å². The fourth-order valence-corrected chi connectivity index (χ4v) is 9.34. The molecule has 0 aliphatic heterocycles. The molecule has 0 aromatic heterocycles. The van der Waals surface area contributed by atoms with Gasteiger partial charge in [-0.25, -0.2) is 0 Å². The van der Waals surface area contributed by atoms with Gasteiger partial charge in [0.15, 0.2) is 8.32 Å². The van der Waals surface area contributed by atoms with Crippen molar-refractivity contribution in [2.45, 2.75) is 77.2 Å². The summed E-state index contributed by atoms with van der Waals surface area (Å²) in [7, 11) is -1.81. The van der Waals surface area contributed by atoms with Crippen molar-refractivity contribution in [2.75, 3.05) is 13.2 Å². The molecule has 1 atom stereocenters. The van der Waals surface area contributed by atoms with Crippen molar-refractivity contribution in [1.29, 1.82) is 0 Å². The van der Waals surface area contributed by atoms with Crippen LogP contribution in [0.3, 0.4) is 0 Å². The van der Waals surface area contributed by atoms with Gasteiger partial charge in [0, 0.05) is 19.3 Å². The first-order valence-corrected chi connectivity index (χ1v) is 11.5. The average molecular weight is 352 g/mol. The van der Waals surface area contributed by atoms with Gasteiger partial charge in [-0.3, -0.25) is 0 Å². The Hall–Kier alpha value is -0.683. The maximum Gasteiger partial charge on any atom is 0.200 e. The van der Waals surface area contributed by atoms with Gasteiger partial charge in [0.1, 0.15) is 0 Å². The van der Waals surface area contributed by atoms with E-state index in [9.17, 15) is 0 Å². The van der Waals surface area contributed by atoms with Crippen LogP contribution in [0.5, 0.6) is 0 Å². The number of nitrogens with two attached hydrogens (primary N) is 1. The second-order valence-corrected chi connectivity index (χ2v) is 13.2. The summed E-state index contributed by atoms with van der Waals surface area (Å²) in [6.07, 6.45) is 0.839. The summed E-state index contributed by atoms with van der Waals surface area (Å²) in [6, 6.07) is 10.3. The molecular formula is C20H37NO2Si. The van der Waals surface area contributed by atoms with Gasteiger partial charge < -0.3 is 14.9 Å². The van der Waals surface area contributed by atoms with Crippen molar-refractivity contribution in [1.82, 2.24) is 0 Å². The molecule has 0 saturated heterocycles. The van der Waals surface area contributed by atoms with Gasteiger partial charge in [-0.1, -0.05) is 71.9 Å². The van der Waals surface area contributed by atoms with Crippen LogP contribution >= 0.6 is 0 Å². The van der Waals surface area contributed by atoms with Crippen molar-refractivity contribution in [3.05, 3.63) is 35.9 Å². The molecule has 0 aliphatic rings. The van der Waals surface area contributed by atoms with Gasteiger partial charge >= 0.3 is 0 Å². The van der Waals surface area contributed by atoms with Crippen LogP contribution in [0.4, 0.5) is 0 Å². The topological polar surface area (TPSA) is 44.5 Å². The lowest BCUT2D eigenvalue weighted by Gasteiger charge is -2.42. The monoisotopic (exact) mass is 351 g/mol. The lowest BCUT2D eigenvalue weighted by molar-refractivity contribution is 0.107. The molecule has 0 radical (unpaired) electrons. The van der Waals surface area contributed by atoms with Crippen molar-refractivity contribution < 1.29 is 9.16 Å². The molecule has 0 spiro atoms. The van der Waals surface area contributed by atoms with Crippen LogP contribution in [-0.4, -0.2) is 27.6 Å². The van der Waals surface area contributed by atoms with E-state index in [4.69, 9.17) is 14.9 Å². The molecule has 0 amide bonds. The Bertz CT molecular complexity index is 426. The number of benzene rings is 1. The van der Waals surface area contributed by atoms with E-state index in [0.29, 0.717) is 36.4 Å². The highest BCUT2D eigenvalue weighted by molar-refractivity contribution is 6.77. The van der Waals surface area contributed by atoms with Gasteiger partial charge in [-0.2, -0.15) is 0 Å². The van der Waals surface area contributed by atoms with Crippen LogP contribution < -0.4 is 5.73 Å². The summed E-state index contributed by atoms with van der Waals surface area (Å²) in [5.41, 5.74) is 9.27. The SMILES string of the molecule is CC(C)[Si](OC[C@H](N)CCOCc1ccccc1)(C(C)C)C(C)C. The van der Waals surface area contributed by atoms with E-state index in [1.807, 2.05) is 18.2 Å². The van der Waals surface area contributed by atoms with Crippen LogP contribution in [0.25, 0.3) is 0 Å². The lowest BCUT2D eigenvalue weighted by Crippen LogP contribution is -2.50. The first-order chi connectivity index (χ1) is 11.3. The second kappa shape index (κ2) is 10.3. The Morgan fingerprint density at radius 2 is 1.46 bits per heavy atom. The molecule has 0 unspecified atom stereocenters. The summed E-state index contributed by atoms with van der Waals surface area (Å²) in [6.45, 7) is 15.8. The maximum absolute atomic E-state index is 6.55. The smallest absolute Gasteiger partial charge is 0.200 e. The molecule has 138 valence electrons. The molecule has 1 rings (SSSR count). The van der Waals surface area contributed by atoms with Crippen molar-refractivity contribution in [3.8, 4) is 0 Å². The summed E-state index contributed by atoms with van der Waals surface area (Å²) < 4.78 is 12.3. The molecule has 0 fully saturated rings. The molecule has 0 heterocycles. The third kappa shape index (κ3) is 5.99. The zero-order valence-corrected chi connectivity index (χ0v) is 17.4. The molecule has 2 N–H and O–H groups in total. The molecule has 4 heteroatoms. The summed E-state index contributed by atoms with van der Waals surface area (Å²) in [5, 5.41) is 0. The highest BCUT2D eigenvalue weighted by Crippen LogP contribution is 2.42. The Morgan fingerprint density at radius 3 is 1.96 bits per heavy atom. The van der Waals surface area contributed by atoms with E-state index in [0.717, 1.165) is 6.42 Å². The standard InChI is InChI=1S/C20H37NO2Si/c1-16(2)24(17(3)4,18(5)6)23-15-20(21)12-13-22-14-19-10-8-7-9-11-19/h7-11,16-18,20H,12-15,21H2,1-6H3/t20-/m1/s1. The molecule has 1 aromatic rings. The van der Waals surface area contributed by atoms with Crippen LogP contribution in [-0.2, 0) is 15.8 Å². The van der Waals surface area contributed by atoms with Gasteiger partial charge in [0.25, 0.3) is 0 Å². The van der Waals surface area contributed by atoms with Crippen LogP contribution in [0.15, 0.2) is 30.3 Å². The van der Waals surface area contributed by atoms with E-state index in [1.165, 1.54) is 5.56 Å². The van der Waals surface area contributed by atoms with E-state index >= 15 is 0 Å². The Labute approximate surface area is 150 Å². The predicted molar refractivity (Wildman–Crippen MR) is 106 cm³/mol. The van der Waals surface area contributed by atoms with E-state index in [2.05, 4.69) is 53.7 Å². The van der Waals surface area contributed by atoms with E-state index < -0.39 is 8.32 Å². The third-order valence-electron chi connectivity index (χ3n) is 5.00. The predicted octanol–water partition coefficient (Wildman–Crippen LogP) is 5.11. The zero-order chi connectivity index (χ0) is 18.2.